The molecule has 4 nitrogen and oxygen atoms in total. The monoisotopic (exact) mass is 460 g/mol. The van der Waals surface area contributed by atoms with E-state index in [1.54, 1.807) is 0 Å². The van der Waals surface area contributed by atoms with Gasteiger partial charge in [0.2, 0.25) is 0 Å². The number of rotatable bonds is 10. The number of hydrogen-bond acceptors (Lipinski definition) is 4. The van der Waals surface area contributed by atoms with Gasteiger partial charge in [0.1, 0.15) is 5.75 Å². The molecule has 0 amide bonds. The van der Waals surface area contributed by atoms with Gasteiger partial charge >= 0.3 is 103 Å². The molecular formula is C24H30K2O4. The second kappa shape index (κ2) is 16.1. The minimum atomic E-state index is -0.197. The summed E-state index contributed by atoms with van der Waals surface area (Å²) in [7, 11) is 0. The van der Waals surface area contributed by atoms with Gasteiger partial charge in [0.25, 0.3) is 0 Å². The van der Waals surface area contributed by atoms with Crippen molar-refractivity contribution < 1.29 is 122 Å². The van der Waals surface area contributed by atoms with Crippen LogP contribution < -0.4 is 118 Å². The third kappa shape index (κ3) is 8.31. The molecule has 0 atom stereocenters. The Kier molecular flexibility index (Phi) is 15.8. The van der Waals surface area contributed by atoms with Crippen molar-refractivity contribution >= 4 is 0 Å². The molecule has 0 spiro atoms. The Morgan fingerprint density at radius 2 is 1.33 bits per heavy atom. The van der Waals surface area contributed by atoms with E-state index in [-0.39, 0.29) is 128 Å². The first-order valence-corrected chi connectivity index (χ1v) is 10.4. The predicted octanol–water partition coefficient (Wildman–Crippen LogP) is -3.05. The molecule has 6 heteroatoms. The second-order valence-corrected chi connectivity index (χ2v) is 7.53. The number of hydrogen-bond donors (Lipinski definition) is 0. The summed E-state index contributed by atoms with van der Waals surface area (Å²) in [5.41, 5.74) is 3.82. The van der Waals surface area contributed by atoms with Gasteiger partial charge in [-0.2, -0.15) is 0 Å². The Bertz CT molecular complexity index is 643. The van der Waals surface area contributed by atoms with Crippen molar-refractivity contribution in [3.05, 3.63) is 65.2 Å². The first kappa shape index (κ1) is 29.4. The van der Waals surface area contributed by atoms with Crippen LogP contribution in [0, 0.1) is 0 Å². The van der Waals surface area contributed by atoms with Crippen LogP contribution in [0.2, 0.25) is 0 Å². The van der Waals surface area contributed by atoms with E-state index < -0.39 is 0 Å². The van der Waals surface area contributed by atoms with Gasteiger partial charge in [-0.1, -0.05) is 55.7 Å². The molecule has 1 aliphatic rings. The second-order valence-electron chi connectivity index (χ2n) is 7.53. The Morgan fingerprint density at radius 1 is 0.733 bits per heavy atom. The summed E-state index contributed by atoms with van der Waals surface area (Å²) < 4.78 is 11.0. The van der Waals surface area contributed by atoms with E-state index in [2.05, 4.69) is 36.4 Å². The molecule has 1 aliphatic carbocycles. The summed E-state index contributed by atoms with van der Waals surface area (Å²) in [5.74, 6) is 0.828. The topological polar surface area (TPSA) is 64.6 Å². The van der Waals surface area contributed by atoms with Crippen LogP contribution in [-0.2, 0) is 16.8 Å². The van der Waals surface area contributed by atoms with E-state index in [0.29, 0.717) is 19.6 Å². The van der Waals surface area contributed by atoms with Crippen LogP contribution in [-0.4, -0.2) is 26.4 Å². The number of benzene rings is 2. The summed E-state index contributed by atoms with van der Waals surface area (Å²) in [6, 6.07) is 17.1. The molecule has 0 aliphatic heterocycles. The minimum Gasteiger partial charge on any atom is -0.854 e. The van der Waals surface area contributed by atoms with Crippen LogP contribution in [0.15, 0.2) is 48.5 Å². The smallest absolute Gasteiger partial charge is 0.854 e. The fourth-order valence-corrected chi connectivity index (χ4v) is 4.19. The zero-order chi connectivity index (χ0) is 19.7. The molecule has 3 rings (SSSR count). The zero-order valence-electron chi connectivity index (χ0n) is 18.5. The predicted molar refractivity (Wildman–Crippen MR) is 106 cm³/mol. The summed E-state index contributed by atoms with van der Waals surface area (Å²) in [4.78, 5) is 0. The third-order valence-corrected chi connectivity index (χ3v) is 5.67. The minimum absolute atomic E-state index is 0. The normalized spacial score (nSPS) is 15.0. The Hall–Kier alpha value is 1.39. The van der Waals surface area contributed by atoms with Gasteiger partial charge in [-0.15, -0.1) is 13.2 Å². The molecule has 1 fully saturated rings. The van der Waals surface area contributed by atoms with E-state index >= 15 is 0 Å². The first-order chi connectivity index (χ1) is 13.8. The van der Waals surface area contributed by atoms with E-state index in [9.17, 15) is 10.2 Å². The molecular weight excluding hydrogens is 430 g/mol. The van der Waals surface area contributed by atoms with Crippen LogP contribution >= 0.6 is 0 Å². The molecule has 0 unspecified atom stereocenters. The summed E-state index contributed by atoms with van der Waals surface area (Å²) in [5, 5.41) is 21.1. The molecule has 0 bridgehead atoms. The molecule has 0 N–H and O–H groups in total. The van der Waals surface area contributed by atoms with Crippen molar-refractivity contribution in [1.82, 2.24) is 0 Å². The fraction of sp³-hybridized carbons (Fsp3) is 0.500. The zero-order valence-corrected chi connectivity index (χ0v) is 24.8. The Balaban J connectivity index is 0.00000225. The Labute approximate surface area is 266 Å². The molecule has 2 aromatic carbocycles. The van der Waals surface area contributed by atoms with Crippen molar-refractivity contribution in [2.24, 2.45) is 0 Å². The quantitative estimate of drug-likeness (QED) is 0.279. The van der Waals surface area contributed by atoms with Crippen LogP contribution in [0.4, 0.5) is 0 Å². The Morgan fingerprint density at radius 3 is 1.90 bits per heavy atom. The van der Waals surface area contributed by atoms with Crippen molar-refractivity contribution in [2.75, 3.05) is 26.4 Å². The van der Waals surface area contributed by atoms with Gasteiger partial charge < -0.3 is 19.7 Å². The van der Waals surface area contributed by atoms with Crippen molar-refractivity contribution in [1.29, 1.82) is 0 Å². The molecule has 152 valence electrons. The van der Waals surface area contributed by atoms with Gasteiger partial charge in [0.15, 0.2) is 0 Å². The van der Waals surface area contributed by atoms with Crippen molar-refractivity contribution in [3.63, 3.8) is 0 Å². The van der Waals surface area contributed by atoms with Gasteiger partial charge in [0, 0.05) is 12.0 Å². The van der Waals surface area contributed by atoms with E-state index in [1.165, 1.54) is 30.4 Å². The fourth-order valence-electron chi connectivity index (χ4n) is 4.19. The van der Waals surface area contributed by atoms with Gasteiger partial charge in [-0.3, -0.25) is 0 Å². The first-order valence-electron chi connectivity index (χ1n) is 10.4. The van der Waals surface area contributed by atoms with Crippen LogP contribution in [0.25, 0.3) is 0 Å². The maximum atomic E-state index is 10.6. The standard InChI is InChI=1S/C24H30O4.2K/c25-15-4-17-28-23-11-9-22(10-12-23)24(13-2-1-3-14-24)21-7-5-20(6-8-21)19-27-18-16-26;;/h5-12H,1-4,13-19H2;;/q-2;2*+1. The van der Waals surface area contributed by atoms with Gasteiger partial charge in [-0.05, 0) is 48.1 Å². The third-order valence-electron chi connectivity index (χ3n) is 5.67. The maximum absolute atomic E-state index is 10.6. The van der Waals surface area contributed by atoms with Gasteiger partial charge in [0.05, 0.1) is 13.2 Å². The van der Waals surface area contributed by atoms with Crippen molar-refractivity contribution in [2.45, 2.75) is 50.5 Å². The largest absolute Gasteiger partial charge is 1.00 e. The van der Waals surface area contributed by atoms with Crippen LogP contribution in [0.1, 0.15) is 55.2 Å². The molecule has 0 saturated heterocycles. The summed E-state index contributed by atoms with van der Waals surface area (Å²) >= 11 is 0. The molecule has 2 aromatic rings. The summed E-state index contributed by atoms with van der Waals surface area (Å²) in [6.45, 7) is 0.931. The molecule has 0 aromatic heterocycles. The summed E-state index contributed by atoms with van der Waals surface area (Å²) in [6.07, 6.45) is 6.59. The maximum Gasteiger partial charge on any atom is 1.00 e. The molecule has 1 saturated carbocycles. The average Bonchev–Trinajstić information content (AvgIpc) is 2.76. The van der Waals surface area contributed by atoms with Crippen molar-refractivity contribution in [3.8, 4) is 5.75 Å². The van der Waals surface area contributed by atoms with Crippen LogP contribution in [0.3, 0.4) is 0 Å². The van der Waals surface area contributed by atoms with Gasteiger partial charge in [-0.25, -0.2) is 0 Å². The molecule has 30 heavy (non-hydrogen) atoms. The average molecular weight is 461 g/mol. The van der Waals surface area contributed by atoms with E-state index in [4.69, 9.17) is 9.47 Å². The van der Waals surface area contributed by atoms with E-state index in [0.717, 1.165) is 24.2 Å². The SMILES string of the molecule is [K+].[K+].[O-]CCCOc1ccc(C2(c3ccc(COCC[O-])cc3)CCCCC2)cc1. The van der Waals surface area contributed by atoms with Crippen LogP contribution in [0.5, 0.6) is 5.75 Å². The molecule has 0 heterocycles. The molecule has 0 radical (unpaired) electrons. The van der Waals surface area contributed by atoms with E-state index in [1.807, 2.05) is 12.1 Å². The number of ether oxygens (including phenoxy) is 2.